The van der Waals surface area contributed by atoms with Crippen molar-refractivity contribution in [3.8, 4) is 0 Å². The zero-order chi connectivity index (χ0) is 14.0. The van der Waals surface area contributed by atoms with E-state index >= 15 is 0 Å². The van der Waals surface area contributed by atoms with E-state index in [2.05, 4.69) is 5.32 Å². The number of piperidine rings is 1. The van der Waals surface area contributed by atoms with Crippen molar-refractivity contribution in [1.29, 1.82) is 0 Å². The minimum Gasteiger partial charge on any atom is -0.378 e. The Morgan fingerprint density at radius 1 is 1.16 bits per heavy atom. The Morgan fingerprint density at radius 3 is 2.32 bits per heavy atom. The van der Waals surface area contributed by atoms with Gasteiger partial charge in [-0.05, 0) is 37.1 Å². The number of benzene rings is 1. The molecule has 1 fully saturated rings. The summed E-state index contributed by atoms with van der Waals surface area (Å²) in [5.41, 5.74) is 1.70. The van der Waals surface area contributed by atoms with Gasteiger partial charge in [-0.2, -0.15) is 13.2 Å². The molecule has 1 saturated heterocycles. The summed E-state index contributed by atoms with van der Waals surface area (Å²) in [5.74, 6) is -1.29. The number of halogens is 3. The van der Waals surface area contributed by atoms with Crippen LogP contribution in [0.3, 0.4) is 0 Å². The highest BCUT2D eigenvalue weighted by Gasteiger charge is 2.45. The van der Waals surface area contributed by atoms with Crippen LogP contribution in [0.25, 0.3) is 0 Å². The van der Waals surface area contributed by atoms with Gasteiger partial charge in [-0.1, -0.05) is 12.1 Å². The summed E-state index contributed by atoms with van der Waals surface area (Å²) in [6.45, 7) is 0.646. The number of hydrogen-bond donors (Lipinski definition) is 1. The fourth-order valence-electron chi connectivity index (χ4n) is 2.57. The third-order valence-corrected chi connectivity index (χ3v) is 3.65. The van der Waals surface area contributed by atoms with E-state index in [-0.39, 0.29) is 6.42 Å². The average molecular weight is 272 g/mol. The Labute approximate surface area is 111 Å². The quantitative estimate of drug-likeness (QED) is 0.888. The number of anilines is 1. The molecule has 2 rings (SSSR count). The van der Waals surface area contributed by atoms with Crippen LogP contribution in [0.4, 0.5) is 18.9 Å². The van der Waals surface area contributed by atoms with Crippen LogP contribution in [0.5, 0.6) is 0 Å². The van der Waals surface area contributed by atoms with Crippen LogP contribution in [0.15, 0.2) is 24.3 Å². The van der Waals surface area contributed by atoms with Gasteiger partial charge in [0.25, 0.3) is 0 Å². The summed E-state index contributed by atoms with van der Waals surface area (Å²) in [6.07, 6.45) is -3.36. The summed E-state index contributed by atoms with van der Waals surface area (Å²) in [6, 6.07) is 6.68. The van der Waals surface area contributed by atoms with Gasteiger partial charge in [-0.15, -0.1) is 0 Å². The molecule has 0 aromatic heterocycles. The molecule has 0 aliphatic carbocycles. The van der Waals surface area contributed by atoms with Crippen molar-refractivity contribution in [2.24, 2.45) is 5.92 Å². The molecule has 0 radical (unpaired) electrons. The van der Waals surface area contributed by atoms with Crippen LogP contribution in [-0.2, 0) is 0 Å². The van der Waals surface area contributed by atoms with E-state index in [1.54, 1.807) is 12.1 Å². The summed E-state index contributed by atoms with van der Waals surface area (Å²) >= 11 is 0. The Bertz CT molecular complexity index is 412. The molecule has 1 aliphatic rings. The lowest BCUT2D eigenvalue weighted by Crippen LogP contribution is -2.41. The zero-order valence-corrected chi connectivity index (χ0v) is 11.2. The van der Waals surface area contributed by atoms with E-state index in [4.69, 9.17) is 0 Å². The molecular formula is C14H19F3N2. The maximum atomic E-state index is 13.0. The molecule has 106 valence electrons. The molecule has 5 heteroatoms. The third-order valence-electron chi connectivity index (χ3n) is 3.65. The lowest BCUT2D eigenvalue weighted by Gasteiger charge is -2.34. The molecule has 2 unspecified atom stereocenters. The molecule has 1 aromatic rings. The van der Waals surface area contributed by atoms with Gasteiger partial charge in [-0.25, -0.2) is 0 Å². The number of alkyl halides is 3. The molecule has 0 amide bonds. The van der Waals surface area contributed by atoms with Gasteiger partial charge < -0.3 is 10.2 Å². The Kier molecular flexibility index (Phi) is 4.04. The average Bonchev–Trinajstić information content (AvgIpc) is 2.38. The lowest BCUT2D eigenvalue weighted by atomic mass is 9.85. The Balaban J connectivity index is 2.22. The lowest BCUT2D eigenvalue weighted by molar-refractivity contribution is -0.189. The first-order chi connectivity index (χ1) is 8.89. The van der Waals surface area contributed by atoms with Crippen molar-refractivity contribution in [2.45, 2.75) is 25.1 Å². The van der Waals surface area contributed by atoms with E-state index < -0.39 is 18.1 Å². The first-order valence-electron chi connectivity index (χ1n) is 6.47. The van der Waals surface area contributed by atoms with Gasteiger partial charge in [-0.3, -0.25) is 0 Å². The second-order valence-corrected chi connectivity index (χ2v) is 5.21. The maximum Gasteiger partial charge on any atom is 0.393 e. The van der Waals surface area contributed by atoms with Crippen molar-refractivity contribution in [2.75, 3.05) is 25.5 Å². The van der Waals surface area contributed by atoms with Gasteiger partial charge >= 0.3 is 6.18 Å². The SMILES string of the molecule is CN(C)c1ccc(C2NCCCC2C(F)(F)F)cc1. The normalized spacial score (nSPS) is 24.3. The van der Waals surface area contributed by atoms with Gasteiger partial charge in [0.15, 0.2) is 0 Å². The second kappa shape index (κ2) is 5.41. The fourth-order valence-corrected chi connectivity index (χ4v) is 2.57. The van der Waals surface area contributed by atoms with Gasteiger partial charge in [0, 0.05) is 25.8 Å². The molecule has 1 aromatic carbocycles. The van der Waals surface area contributed by atoms with Crippen LogP contribution in [0.2, 0.25) is 0 Å². The second-order valence-electron chi connectivity index (χ2n) is 5.21. The summed E-state index contributed by atoms with van der Waals surface area (Å²) in [5, 5.41) is 3.01. The first kappa shape index (κ1) is 14.2. The molecule has 0 saturated carbocycles. The van der Waals surface area contributed by atoms with E-state index in [1.165, 1.54) is 0 Å². The van der Waals surface area contributed by atoms with Crippen LogP contribution >= 0.6 is 0 Å². The van der Waals surface area contributed by atoms with Gasteiger partial charge in [0.1, 0.15) is 0 Å². The minimum absolute atomic E-state index is 0.205. The smallest absolute Gasteiger partial charge is 0.378 e. The van der Waals surface area contributed by atoms with Crippen molar-refractivity contribution >= 4 is 5.69 Å². The highest BCUT2D eigenvalue weighted by atomic mass is 19.4. The minimum atomic E-state index is -4.14. The monoisotopic (exact) mass is 272 g/mol. The number of rotatable bonds is 2. The van der Waals surface area contributed by atoms with Crippen molar-refractivity contribution in [3.05, 3.63) is 29.8 Å². The predicted molar refractivity (Wildman–Crippen MR) is 70.3 cm³/mol. The maximum absolute atomic E-state index is 13.0. The predicted octanol–water partition coefficient (Wildman–Crippen LogP) is 3.36. The largest absolute Gasteiger partial charge is 0.393 e. The van der Waals surface area contributed by atoms with Crippen LogP contribution < -0.4 is 10.2 Å². The molecule has 2 nitrogen and oxygen atoms in total. The fraction of sp³-hybridized carbons (Fsp3) is 0.571. The van der Waals surface area contributed by atoms with Crippen LogP contribution in [0.1, 0.15) is 24.4 Å². The first-order valence-corrected chi connectivity index (χ1v) is 6.47. The van der Waals surface area contributed by atoms with Crippen molar-refractivity contribution in [1.82, 2.24) is 5.32 Å². The molecule has 1 aliphatic heterocycles. The molecule has 0 spiro atoms. The highest BCUT2D eigenvalue weighted by Crippen LogP contribution is 2.41. The zero-order valence-electron chi connectivity index (χ0n) is 11.2. The van der Waals surface area contributed by atoms with Crippen molar-refractivity contribution in [3.63, 3.8) is 0 Å². The number of hydrogen-bond acceptors (Lipinski definition) is 2. The molecule has 0 bridgehead atoms. The van der Waals surface area contributed by atoms with Gasteiger partial charge in [0.2, 0.25) is 0 Å². The topological polar surface area (TPSA) is 15.3 Å². The van der Waals surface area contributed by atoms with Crippen LogP contribution in [0, 0.1) is 5.92 Å². The van der Waals surface area contributed by atoms with E-state index in [9.17, 15) is 13.2 Å². The summed E-state index contributed by atoms with van der Waals surface area (Å²) < 4.78 is 39.1. The molecule has 1 heterocycles. The molecular weight excluding hydrogens is 253 g/mol. The van der Waals surface area contributed by atoms with E-state index in [1.807, 2.05) is 31.1 Å². The summed E-state index contributed by atoms with van der Waals surface area (Å²) in [7, 11) is 3.82. The van der Waals surface area contributed by atoms with E-state index in [0.29, 0.717) is 18.5 Å². The van der Waals surface area contributed by atoms with E-state index in [0.717, 1.165) is 5.69 Å². The third kappa shape index (κ3) is 3.21. The summed E-state index contributed by atoms with van der Waals surface area (Å²) in [4.78, 5) is 1.93. The van der Waals surface area contributed by atoms with Gasteiger partial charge in [0.05, 0.1) is 5.92 Å². The standard InChI is InChI=1S/C14H19F3N2/c1-19(2)11-7-5-10(6-8-11)13-12(14(15,16)17)4-3-9-18-13/h5-8,12-13,18H,3-4,9H2,1-2H3. The molecule has 1 N–H and O–H groups in total. The Morgan fingerprint density at radius 2 is 1.79 bits per heavy atom. The Hall–Kier alpha value is -1.23. The molecule has 19 heavy (non-hydrogen) atoms. The van der Waals surface area contributed by atoms with Crippen LogP contribution in [-0.4, -0.2) is 26.8 Å². The number of nitrogens with one attached hydrogen (secondary N) is 1. The highest BCUT2D eigenvalue weighted by molar-refractivity contribution is 5.46. The van der Waals surface area contributed by atoms with Crippen molar-refractivity contribution < 1.29 is 13.2 Å². The molecule has 2 atom stereocenters. The number of nitrogens with zero attached hydrogens (tertiary/aromatic N) is 1.